The van der Waals surface area contributed by atoms with E-state index in [0.29, 0.717) is 50.5 Å². The zero-order chi connectivity index (χ0) is 27.5. The minimum Gasteiger partial charge on any atom is -0.378 e. The second-order valence-corrected chi connectivity index (χ2v) is 9.38. The van der Waals surface area contributed by atoms with Crippen LogP contribution in [0.3, 0.4) is 0 Å². The standard InChI is InChI=1S/C29H31N5O5/c1-4-38-18-33-11-10-22-16-21(8-9-25(22)33)23-6-5-7-24-26(23)30-17-34(29(24)37)20(3)27(35)31-19(2)28(36)32-12-14-39-15-13-32/h5-9,16-17H,2-4,10-15,18H2,1H3,(H,31,35). The molecule has 0 bridgehead atoms. The van der Waals surface area contributed by atoms with Crippen molar-refractivity contribution in [2.45, 2.75) is 13.3 Å². The van der Waals surface area contributed by atoms with Gasteiger partial charge in [0.2, 0.25) is 0 Å². The Morgan fingerprint density at radius 2 is 1.92 bits per heavy atom. The highest BCUT2D eigenvalue weighted by Crippen LogP contribution is 2.34. The maximum atomic E-state index is 13.4. The minimum absolute atomic E-state index is 0.0939. The SMILES string of the molecule is C=C(NC(=O)C(=C)n1cnc2c(-c3ccc4c(c3)CCN4COCC)cccc2c1=O)C(=O)N1CCOCC1. The summed E-state index contributed by atoms with van der Waals surface area (Å²) in [7, 11) is 0. The molecule has 1 N–H and O–H groups in total. The Labute approximate surface area is 226 Å². The summed E-state index contributed by atoms with van der Waals surface area (Å²) in [6, 6.07) is 11.6. The number of morpholine rings is 1. The Morgan fingerprint density at radius 3 is 2.69 bits per heavy atom. The second-order valence-electron chi connectivity index (χ2n) is 9.38. The molecule has 0 aliphatic carbocycles. The largest absolute Gasteiger partial charge is 0.378 e. The Balaban J connectivity index is 1.37. The van der Waals surface area contributed by atoms with E-state index in [9.17, 15) is 14.4 Å². The van der Waals surface area contributed by atoms with Crippen molar-refractivity contribution in [2.24, 2.45) is 0 Å². The molecule has 2 aliphatic heterocycles. The van der Waals surface area contributed by atoms with Gasteiger partial charge >= 0.3 is 0 Å². The smallest absolute Gasteiger partial charge is 0.272 e. The molecule has 10 heteroatoms. The number of nitrogens with one attached hydrogen (secondary N) is 1. The zero-order valence-electron chi connectivity index (χ0n) is 21.9. The highest BCUT2D eigenvalue weighted by molar-refractivity contribution is 6.15. The topological polar surface area (TPSA) is 106 Å². The molecule has 0 radical (unpaired) electrons. The monoisotopic (exact) mass is 529 g/mol. The summed E-state index contributed by atoms with van der Waals surface area (Å²) in [5, 5.41) is 2.81. The molecule has 1 aromatic heterocycles. The molecule has 1 saturated heterocycles. The number of hydrogen-bond donors (Lipinski definition) is 1. The number of hydrogen-bond acceptors (Lipinski definition) is 7. The number of aromatic nitrogens is 2. The maximum absolute atomic E-state index is 13.4. The number of carbonyl (C=O) groups excluding carboxylic acids is 2. The van der Waals surface area contributed by atoms with Crippen LogP contribution in [0.4, 0.5) is 5.69 Å². The third-order valence-electron chi connectivity index (χ3n) is 6.99. The summed E-state index contributed by atoms with van der Waals surface area (Å²) < 4.78 is 11.9. The van der Waals surface area contributed by atoms with Gasteiger partial charge in [-0.2, -0.15) is 0 Å². The molecule has 0 spiro atoms. The molecule has 5 rings (SSSR count). The molecule has 1 fully saturated rings. The maximum Gasteiger partial charge on any atom is 0.272 e. The van der Waals surface area contributed by atoms with Crippen LogP contribution in [-0.2, 0) is 25.5 Å². The van der Waals surface area contributed by atoms with Gasteiger partial charge in [-0.1, -0.05) is 31.4 Å². The van der Waals surface area contributed by atoms with E-state index < -0.39 is 17.4 Å². The van der Waals surface area contributed by atoms with Crippen LogP contribution in [0, 0.1) is 0 Å². The molecule has 0 atom stereocenters. The number of rotatable bonds is 8. The van der Waals surface area contributed by atoms with Crippen molar-refractivity contribution < 1.29 is 19.1 Å². The average Bonchev–Trinajstić information content (AvgIpc) is 3.37. The third kappa shape index (κ3) is 5.21. The van der Waals surface area contributed by atoms with E-state index in [4.69, 9.17) is 9.47 Å². The fourth-order valence-electron chi connectivity index (χ4n) is 4.88. The molecule has 0 saturated carbocycles. The minimum atomic E-state index is -0.712. The summed E-state index contributed by atoms with van der Waals surface area (Å²) in [5.74, 6) is -1.11. The number of ether oxygens (including phenoxy) is 2. The van der Waals surface area contributed by atoms with Gasteiger partial charge in [0.25, 0.3) is 17.4 Å². The average molecular weight is 530 g/mol. The number of amides is 2. The van der Waals surface area contributed by atoms with Crippen LogP contribution in [0.25, 0.3) is 27.7 Å². The van der Waals surface area contributed by atoms with Crippen LogP contribution in [0.5, 0.6) is 0 Å². The van der Waals surface area contributed by atoms with E-state index in [1.165, 1.54) is 11.9 Å². The predicted octanol–water partition coefficient (Wildman–Crippen LogP) is 2.38. The van der Waals surface area contributed by atoms with Gasteiger partial charge in [0.1, 0.15) is 18.8 Å². The summed E-state index contributed by atoms with van der Waals surface area (Å²) in [6.45, 7) is 13.3. The van der Waals surface area contributed by atoms with E-state index in [1.54, 1.807) is 17.0 Å². The lowest BCUT2D eigenvalue weighted by molar-refractivity contribution is -0.132. The van der Waals surface area contributed by atoms with Crippen molar-refractivity contribution in [1.82, 2.24) is 19.8 Å². The van der Waals surface area contributed by atoms with Crippen LogP contribution >= 0.6 is 0 Å². The van der Waals surface area contributed by atoms with Crippen LogP contribution < -0.4 is 15.8 Å². The summed E-state index contributed by atoms with van der Waals surface area (Å²) >= 11 is 0. The fourth-order valence-corrected chi connectivity index (χ4v) is 4.88. The fraction of sp³-hybridized carbons (Fsp3) is 0.310. The molecule has 39 heavy (non-hydrogen) atoms. The van der Waals surface area contributed by atoms with Crippen molar-refractivity contribution in [3.8, 4) is 11.1 Å². The first-order chi connectivity index (χ1) is 18.9. The van der Waals surface area contributed by atoms with Crippen LogP contribution in [0.15, 0.2) is 66.4 Å². The molecule has 3 heterocycles. The van der Waals surface area contributed by atoms with Crippen LogP contribution in [0.2, 0.25) is 0 Å². The van der Waals surface area contributed by atoms with Crippen LogP contribution in [-0.4, -0.2) is 72.5 Å². The highest BCUT2D eigenvalue weighted by atomic mass is 16.5. The molecule has 0 unspecified atom stereocenters. The summed E-state index contributed by atoms with van der Waals surface area (Å²) in [5.41, 5.74) is 3.98. The number of nitrogens with zero attached hydrogens (tertiary/aromatic N) is 4. The van der Waals surface area contributed by atoms with Crippen molar-refractivity contribution in [3.05, 3.63) is 77.5 Å². The van der Waals surface area contributed by atoms with E-state index in [1.807, 2.05) is 19.1 Å². The lowest BCUT2D eigenvalue weighted by Gasteiger charge is -2.27. The number of anilines is 1. The molecule has 2 amide bonds. The van der Waals surface area contributed by atoms with Gasteiger partial charge in [-0.25, -0.2) is 4.98 Å². The number of fused-ring (bicyclic) bond motifs is 2. The van der Waals surface area contributed by atoms with Gasteiger partial charge in [-0.05, 0) is 42.7 Å². The molecule has 2 aliphatic rings. The van der Waals surface area contributed by atoms with Gasteiger partial charge < -0.3 is 24.6 Å². The first kappa shape index (κ1) is 26.3. The first-order valence-corrected chi connectivity index (χ1v) is 12.9. The molecule has 2 aromatic carbocycles. The van der Waals surface area contributed by atoms with Gasteiger partial charge in [0.15, 0.2) is 0 Å². The van der Waals surface area contributed by atoms with E-state index >= 15 is 0 Å². The zero-order valence-corrected chi connectivity index (χ0v) is 21.9. The van der Waals surface area contributed by atoms with Gasteiger partial charge in [-0.3, -0.25) is 19.0 Å². The normalized spacial score (nSPS) is 14.8. The Bertz CT molecular complexity index is 1520. The summed E-state index contributed by atoms with van der Waals surface area (Å²) in [4.78, 5) is 47.1. The lowest BCUT2D eigenvalue weighted by Crippen LogP contribution is -2.44. The van der Waals surface area contributed by atoms with Crippen molar-refractivity contribution >= 4 is 34.1 Å². The quantitative estimate of drug-likeness (QED) is 0.447. The van der Waals surface area contributed by atoms with Gasteiger partial charge in [0, 0.05) is 37.5 Å². The molecule has 3 aromatic rings. The first-order valence-electron chi connectivity index (χ1n) is 12.9. The van der Waals surface area contributed by atoms with E-state index in [-0.39, 0.29) is 11.4 Å². The Morgan fingerprint density at radius 1 is 1.13 bits per heavy atom. The Kier molecular flexibility index (Phi) is 7.58. The van der Waals surface area contributed by atoms with Gasteiger partial charge in [-0.15, -0.1) is 0 Å². The highest BCUT2D eigenvalue weighted by Gasteiger charge is 2.23. The van der Waals surface area contributed by atoms with Gasteiger partial charge in [0.05, 0.1) is 29.8 Å². The van der Waals surface area contributed by atoms with E-state index in [2.05, 4.69) is 40.5 Å². The van der Waals surface area contributed by atoms with Crippen molar-refractivity contribution in [2.75, 3.05) is 51.1 Å². The molecule has 202 valence electrons. The molecular weight excluding hydrogens is 498 g/mol. The van der Waals surface area contributed by atoms with Crippen molar-refractivity contribution in [3.63, 3.8) is 0 Å². The summed E-state index contributed by atoms with van der Waals surface area (Å²) in [6.07, 6.45) is 2.20. The van der Waals surface area contributed by atoms with Crippen LogP contribution in [0.1, 0.15) is 12.5 Å². The predicted molar refractivity (Wildman–Crippen MR) is 149 cm³/mol. The Hall–Kier alpha value is -4.28. The number of para-hydroxylation sites is 1. The number of carbonyl (C=O) groups is 2. The van der Waals surface area contributed by atoms with Crippen molar-refractivity contribution in [1.29, 1.82) is 0 Å². The lowest BCUT2D eigenvalue weighted by atomic mass is 9.99. The second kappa shape index (κ2) is 11.2. The van der Waals surface area contributed by atoms with E-state index in [0.717, 1.165) is 34.3 Å². The third-order valence-corrected chi connectivity index (χ3v) is 6.99. The number of benzene rings is 2. The molecule has 10 nitrogen and oxygen atoms in total. The molecular formula is C29H31N5O5.